The Bertz CT molecular complexity index is 680. The number of hydrogen-bond donors (Lipinski definition) is 0. The first-order valence-electron chi connectivity index (χ1n) is 7.77. The van der Waals surface area contributed by atoms with Crippen LogP contribution in [-0.2, 0) is 11.2 Å². The van der Waals surface area contributed by atoms with Crippen molar-refractivity contribution in [3.63, 3.8) is 0 Å². The summed E-state index contributed by atoms with van der Waals surface area (Å²) in [5.41, 5.74) is 4.75. The van der Waals surface area contributed by atoms with Crippen LogP contribution >= 0.6 is 0 Å². The first-order valence-corrected chi connectivity index (χ1v) is 7.77. The molecule has 2 aromatic rings. The molecule has 0 saturated carbocycles. The minimum atomic E-state index is -0.0604. The molecular weight excluding hydrogens is 290 g/mol. The molecule has 0 N–H and O–H groups in total. The van der Waals surface area contributed by atoms with E-state index >= 15 is 0 Å². The molecule has 1 aliphatic heterocycles. The summed E-state index contributed by atoms with van der Waals surface area (Å²) in [6.07, 6.45) is 0.830. The molecule has 0 fully saturated rings. The third-order valence-electron chi connectivity index (χ3n) is 4.30. The van der Waals surface area contributed by atoms with Crippen LogP contribution in [0.1, 0.15) is 22.8 Å². The van der Waals surface area contributed by atoms with Crippen LogP contribution in [0.15, 0.2) is 36.4 Å². The van der Waals surface area contributed by atoms with Gasteiger partial charge in [0.1, 0.15) is 6.10 Å². The van der Waals surface area contributed by atoms with E-state index in [1.54, 1.807) is 14.2 Å². The van der Waals surface area contributed by atoms with Crippen LogP contribution in [0.2, 0.25) is 0 Å². The van der Waals surface area contributed by atoms with Gasteiger partial charge >= 0.3 is 0 Å². The van der Waals surface area contributed by atoms with Crippen molar-refractivity contribution in [1.29, 1.82) is 0 Å². The summed E-state index contributed by atoms with van der Waals surface area (Å²) in [5, 5.41) is 0. The second kappa shape index (κ2) is 6.50. The number of ether oxygens (including phenoxy) is 3. The van der Waals surface area contributed by atoms with Crippen molar-refractivity contribution < 1.29 is 14.2 Å². The Kier molecular flexibility index (Phi) is 4.44. The summed E-state index contributed by atoms with van der Waals surface area (Å²) in [6.45, 7) is 0.711. The molecule has 1 atom stereocenters. The van der Waals surface area contributed by atoms with Crippen molar-refractivity contribution in [3.05, 3.63) is 53.1 Å². The molecule has 0 amide bonds. The fourth-order valence-corrected chi connectivity index (χ4v) is 3.00. The summed E-state index contributed by atoms with van der Waals surface area (Å²) in [5.74, 6) is 1.52. The molecule has 0 saturated heterocycles. The Morgan fingerprint density at radius 1 is 1.00 bits per heavy atom. The zero-order valence-corrected chi connectivity index (χ0v) is 14.1. The Morgan fingerprint density at radius 3 is 2.26 bits per heavy atom. The average Bonchev–Trinajstić information content (AvgIpc) is 2.60. The van der Waals surface area contributed by atoms with Crippen LogP contribution in [0.25, 0.3) is 0 Å². The van der Waals surface area contributed by atoms with Crippen molar-refractivity contribution >= 4 is 5.69 Å². The summed E-state index contributed by atoms with van der Waals surface area (Å²) in [6, 6.07) is 12.6. The molecule has 0 spiro atoms. The molecule has 1 heterocycles. The minimum Gasteiger partial charge on any atom is -0.493 e. The summed E-state index contributed by atoms with van der Waals surface area (Å²) >= 11 is 0. The number of anilines is 1. The summed E-state index contributed by atoms with van der Waals surface area (Å²) < 4.78 is 16.9. The maximum atomic E-state index is 6.05. The fraction of sp³-hybridized carbons (Fsp3) is 0.368. The lowest BCUT2D eigenvalue weighted by molar-refractivity contribution is 0.0695. The average molecular weight is 313 g/mol. The number of nitrogens with zero attached hydrogens (tertiary/aromatic N) is 1. The lowest BCUT2D eigenvalue weighted by atomic mass is 9.92. The van der Waals surface area contributed by atoms with E-state index in [4.69, 9.17) is 14.2 Å². The molecule has 0 unspecified atom stereocenters. The van der Waals surface area contributed by atoms with Gasteiger partial charge in [0.15, 0.2) is 11.5 Å². The second-order valence-corrected chi connectivity index (χ2v) is 5.89. The monoisotopic (exact) mass is 313 g/mol. The highest BCUT2D eigenvalue weighted by Gasteiger charge is 2.25. The van der Waals surface area contributed by atoms with Gasteiger partial charge in [0.2, 0.25) is 0 Å². The van der Waals surface area contributed by atoms with E-state index < -0.39 is 0 Å². The number of benzene rings is 2. The van der Waals surface area contributed by atoms with E-state index in [1.165, 1.54) is 11.3 Å². The molecular formula is C19H23NO3. The van der Waals surface area contributed by atoms with Crippen molar-refractivity contribution in [1.82, 2.24) is 0 Å². The quantitative estimate of drug-likeness (QED) is 0.865. The van der Waals surface area contributed by atoms with Gasteiger partial charge in [-0.2, -0.15) is 0 Å². The fourth-order valence-electron chi connectivity index (χ4n) is 3.00. The largest absolute Gasteiger partial charge is 0.493 e. The van der Waals surface area contributed by atoms with Crippen molar-refractivity contribution in [2.24, 2.45) is 0 Å². The molecule has 2 aromatic carbocycles. The van der Waals surface area contributed by atoms with Gasteiger partial charge in [-0.1, -0.05) is 12.1 Å². The maximum absolute atomic E-state index is 6.05. The van der Waals surface area contributed by atoms with E-state index in [2.05, 4.69) is 35.2 Å². The van der Waals surface area contributed by atoms with E-state index in [0.29, 0.717) is 6.61 Å². The third-order valence-corrected chi connectivity index (χ3v) is 4.30. The van der Waals surface area contributed by atoms with Gasteiger partial charge in [0, 0.05) is 19.8 Å². The van der Waals surface area contributed by atoms with Crippen molar-refractivity contribution in [2.75, 3.05) is 39.8 Å². The van der Waals surface area contributed by atoms with E-state index in [0.717, 1.165) is 29.0 Å². The van der Waals surface area contributed by atoms with Crippen LogP contribution in [0.3, 0.4) is 0 Å². The summed E-state index contributed by atoms with van der Waals surface area (Å²) in [7, 11) is 7.41. The lowest BCUT2D eigenvalue weighted by Crippen LogP contribution is -2.18. The molecule has 0 aliphatic carbocycles. The Balaban J connectivity index is 2.00. The molecule has 0 radical (unpaired) electrons. The number of hydrogen-bond acceptors (Lipinski definition) is 4. The molecule has 1 aliphatic rings. The van der Waals surface area contributed by atoms with Crippen molar-refractivity contribution in [2.45, 2.75) is 12.5 Å². The zero-order chi connectivity index (χ0) is 16.4. The van der Waals surface area contributed by atoms with E-state index in [9.17, 15) is 0 Å². The minimum absolute atomic E-state index is 0.0604. The highest BCUT2D eigenvalue weighted by atomic mass is 16.5. The molecule has 23 heavy (non-hydrogen) atoms. The first kappa shape index (κ1) is 15.7. The molecule has 4 nitrogen and oxygen atoms in total. The number of rotatable bonds is 4. The van der Waals surface area contributed by atoms with Gasteiger partial charge in [0.25, 0.3) is 0 Å². The van der Waals surface area contributed by atoms with Crippen LogP contribution in [0.5, 0.6) is 11.5 Å². The van der Waals surface area contributed by atoms with Crippen LogP contribution in [0, 0.1) is 0 Å². The van der Waals surface area contributed by atoms with Crippen LogP contribution in [-0.4, -0.2) is 34.9 Å². The van der Waals surface area contributed by atoms with Crippen LogP contribution in [0.4, 0.5) is 5.69 Å². The Labute approximate surface area is 137 Å². The maximum Gasteiger partial charge on any atom is 0.161 e. The van der Waals surface area contributed by atoms with Gasteiger partial charge in [0.05, 0.1) is 20.8 Å². The zero-order valence-electron chi connectivity index (χ0n) is 14.1. The van der Waals surface area contributed by atoms with Gasteiger partial charge in [-0.15, -0.1) is 0 Å². The van der Waals surface area contributed by atoms with Gasteiger partial charge in [-0.05, 0) is 47.4 Å². The molecule has 3 rings (SSSR count). The topological polar surface area (TPSA) is 30.9 Å². The summed E-state index contributed by atoms with van der Waals surface area (Å²) in [4.78, 5) is 2.09. The van der Waals surface area contributed by atoms with E-state index in [-0.39, 0.29) is 6.10 Å². The van der Waals surface area contributed by atoms with Crippen molar-refractivity contribution in [3.8, 4) is 11.5 Å². The standard InChI is InChI=1S/C19H23NO3/c1-20(2)15-7-5-13(6-8-15)19-16-12-18(22-4)17(21-3)11-14(16)9-10-23-19/h5-8,11-12,19H,9-10H2,1-4H3/t19-/m0/s1. The number of fused-ring (bicyclic) bond motifs is 1. The molecule has 122 valence electrons. The first-order chi connectivity index (χ1) is 11.1. The smallest absolute Gasteiger partial charge is 0.161 e. The molecule has 0 bridgehead atoms. The Morgan fingerprint density at radius 2 is 1.65 bits per heavy atom. The predicted octanol–water partition coefficient (Wildman–Crippen LogP) is 3.43. The SMILES string of the molecule is COc1cc2c(cc1OC)[C@H](c1ccc(N(C)C)cc1)OCC2. The van der Waals surface area contributed by atoms with E-state index in [1.807, 2.05) is 20.2 Å². The highest BCUT2D eigenvalue weighted by molar-refractivity contribution is 5.52. The predicted molar refractivity (Wildman–Crippen MR) is 91.8 cm³/mol. The van der Waals surface area contributed by atoms with Crippen LogP contribution < -0.4 is 14.4 Å². The van der Waals surface area contributed by atoms with Gasteiger partial charge in [-0.3, -0.25) is 0 Å². The molecule has 4 heteroatoms. The lowest BCUT2D eigenvalue weighted by Gasteiger charge is -2.28. The van der Waals surface area contributed by atoms with Gasteiger partial charge < -0.3 is 19.1 Å². The van der Waals surface area contributed by atoms with Gasteiger partial charge in [-0.25, -0.2) is 0 Å². The number of methoxy groups -OCH3 is 2. The normalized spacial score (nSPS) is 16.6. The second-order valence-electron chi connectivity index (χ2n) is 5.89. The highest BCUT2D eigenvalue weighted by Crippen LogP contribution is 2.39. The Hall–Kier alpha value is -2.20. The third kappa shape index (κ3) is 2.99. The molecule has 0 aromatic heterocycles.